The maximum atomic E-state index is 12.3. The molecule has 0 atom stereocenters. The number of hydrogen-bond donors (Lipinski definition) is 2. The van der Waals surface area contributed by atoms with Gasteiger partial charge in [-0.3, -0.25) is 4.79 Å². The first kappa shape index (κ1) is 14.7. The van der Waals surface area contributed by atoms with Gasteiger partial charge in [-0.2, -0.15) is 0 Å². The van der Waals surface area contributed by atoms with Crippen LogP contribution in [0.3, 0.4) is 0 Å². The van der Waals surface area contributed by atoms with Crippen LogP contribution in [0, 0.1) is 17.8 Å². The third-order valence-electron chi connectivity index (χ3n) is 5.81. The number of benzene rings is 1. The van der Waals surface area contributed by atoms with Gasteiger partial charge in [0.2, 0.25) is 5.91 Å². The lowest BCUT2D eigenvalue weighted by Crippen LogP contribution is -2.59. The summed E-state index contributed by atoms with van der Waals surface area (Å²) >= 11 is 3.47. The van der Waals surface area contributed by atoms with Crippen molar-refractivity contribution in [2.24, 2.45) is 17.8 Å². The summed E-state index contributed by atoms with van der Waals surface area (Å²) in [6, 6.07) is 7.76. The lowest BCUT2D eigenvalue weighted by molar-refractivity contribution is -0.116. The molecule has 118 valence electrons. The van der Waals surface area contributed by atoms with Gasteiger partial charge in [-0.15, -0.1) is 0 Å². The molecule has 4 aliphatic carbocycles. The summed E-state index contributed by atoms with van der Waals surface area (Å²) in [5, 5.41) is 6.63. The van der Waals surface area contributed by atoms with Crippen LogP contribution in [-0.4, -0.2) is 18.0 Å². The average molecular weight is 363 g/mol. The van der Waals surface area contributed by atoms with E-state index in [1.165, 1.54) is 38.5 Å². The first-order chi connectivity index (χ1) is 10.6. The highest BCUT2D eigenvalue weighted by atomic mass is 79.9. The van der Waals surface area contributed by atoms with Crippen LogP contribution in [0.5, 0.6) is 0 Å². The molecular weight excluding hydrogens is 340 g/mol. The van der Waals surface area contributed by atoms with Gasteiger partial charge < -0.3 is 10.6 Å². The number of para-hydroxylation sites is 1. The van der Waals surface area contributed by atoms with Gasteiger partial charge in [-0.25, -0.2) is 0 Å². The second-order valence-corrected chi connectivity index (χ2v) is 8.43. The van der Waals surface area contributed by atoms with Crippen LogP contribution in [0.25, 0.3) is 0 Å². The summed E-state index contributed by atoms with van der Waals surface area (Å²) < 4.78 is 0.929. The molecule has 4 fully saturated rings. The van der Waals surface area contributed by atoms with Crippen LogP contribution in [0.2, 0.25) is 0 Å². The zero-order chi connectivity index (χ0) is 15.2. The summed E-state index contributed by atoms with van der Waals surface area (Å²) in [6.07, 6.45) is 8.14. The molecule has 22 heavy (non-hydrogen) atoms. The van der Waals surface area contributed by atoms with Gasteiger partial charge >= 0.3 is 0 Å². The van der Waals surface area contributed by atoms with Crippen LogP contribution in [0.15, 0.2) is 28.7 Å². The fraction of sp³-hybridized carbons (Fsp3) is 0.611. The highest BCUT2D eigenvalue weighted by Crippen LogP contribution is 2.55. The Morgan fingerprint density at radius 3 is 2.27 bits per heavy atom. The molecule has 4 heteroatoms. The molecule has 0 spiro atoms. The van der Waals surface area contributed by atoms with Crippen molar-refractivity contribution in [1.29, 1.82) is 0 Å². The number of carbonyl (C=O) groups is 1. The molecule has 0 saturated heterocycles. The van der Waals surface area contributed by atoms with E-state index in [0.29, 0.717) is 6.54 Å². The predicted molar refractivity (Wildman–Crippen MR) is 91.7 cm³/mol. The molecule has 1 aromatic carbocycles. The number of rotatable bonds is 4. The van der Waals surface area contributed by atoms with Gasteiger partial charge in [-0.1, -0.05) is 12.1 Å². The number of halogens is 1. The van der Waals surface area contributed by atoms with Crippen molar-refractivity contribution in [1.82, 2.24) is 5.32 Å². The molecule has 0 aliphatic heterocycles. The molecule has 5 rings (SSSR count). The number of nitrogens with one attached hydrogen (secondary N) is 2. The van der Waals surface area contributed by atoms with E-state index in [9.17, 15) is 4.79 Å². The minimum absolute atomic E-state index is 0.0580. The minimum Gasteiger partial charge on any atom is -0.324 e. The van der Waals surface area contributed by atoms with Crippen LogP contribution in [-0.2, 0) is 4.79 Å². The topological polar surface area (TPSA) is 41.1 Å². The van der Waals surface area contributed by atoms with Crippen LogP contribution >= 0.6 is 15.9 Å². The second-order valence-electron chi connectivity index (χ2n) is 7.58. The smallest absolute Gasteiger partial charge is 0.238 e. The molecule has 4 aliphatic rings. The van der Waals surface area contributed by atoms with Gasteiger partial charge in [0.25, 0.3) is 0 Å². The highest BCUT2D eigenvalue weighted by Gasteiger charge is 2.50. The van der Waals surface area contributed by atoms with E-state index in [4.69, 9.17) is 0 Å². The Bertz CT molecular complexity index is 551. The zero-order valence-corrected chi connectivity index (χ0v) is 14.4. The van der Waals surface area contributed by atoms with E-state index >= 15 is 0 Å². The Morgan fingerprint density at radius 2 is 1.68 bits per heavy atom. The van der Waals surface area contributed by atoms with Gasteiger partial charge in [-0.05, 0) is 84.3 Å². The maximum absolute atomic E-state index is 12.3. The van der Waals surface area contributed by atoms with Crippen LogP contribution < -0.4 is 10.6 Å². The average Bonchev–Trinajstić information content (AvgIpc) is 2.46. The van der Waals surface area contributed by atoms with E-state index in [2.05, 4.69) is 26.6 Å². The third kappa shape index (κ3) is 2.83. The standard InChI is InChI=1S/C18H23BrN2O/c19-15-3-1-2-4-16(15)21-17(22)11-20-18-8-12-5-13(9-18)7-14(6-12)10-18/h1-4,12-14,20H,5-11H2,(H,21,22). The van der Waals surface area contributed by atoms with Crippen LogP contribution in [0.1, 0.15) is 38.5 Å². The van der Waals surface area contributed by atoms with E-state index < -0.39 is 0 Å². The first-order valence-corrected chi connectivity index (χ1v) is 9.21. The number of anilines is 1. The summed E-state index contributed by atoms with van der Waals surface area (Å²) in [5.41, 5.74) is 1.10. The molecule has 0 aromatic heterocycles. The quantitative estimate of drug-likeness (QED) is 0.851. The van der Waals surface area contributed by atoms with E-state index in [-0.39, 0.29) is 11.4 Å². The summed E-state index contributed by atoms with van der Waals surface area (Å²) in [4.78, 5) is 12.3. The molecule has 2 N–H and O–H groups in total. The van der Waals surface area contributed by atoms with Gasteiger partial charge in [0.1, 0.15) is 0 Å². The Hall–Kier alpha value is -0.870. The van der Waals surface area contributed by atoms with E-state index in [1.54, 1.807) is 0 Å². The van der Waals surface area contributed by atoms with Gasteiger partial charge in [0.05, 0.1) is 12.2 Å². The van der Waals surface area contributed by atoms with Crippen molar-refractivity contribution < 1.29 is 4.79 Å². The van der Waals surface area contributed by atoms with Crippen molar-refractivity contribution in [2.45, 2.75) is 44.1 Å². The Balaban J connectivity index is 1.37. The normalized spacial score (nSPS) is 35.6. The fourth-order valence-corrected chi connectivity index (χ4v) is 5.74. The van der Waals surface area contributed by atoms with E-state index in [0.717, 1.165) is 27.9 Å². The van der Waals surface area contributed by atoms with Crippen molar-refractivity contribution in [3.05, 3.63) is 28.7 Å². The van der Waals surface area contributed by atoms with Crippen molar-refractivity contribution in [2.75, 3.05) is 11.9 Å². The van der Waals surface area contributed by atoms with Crippen LogP contribution in [0.4, 0.5) is 5.69 Å². The molecular formula is C18H23BrN2O. The molecule has 0 heterocycles. The second kappa shape index (κ2) is 5.64. The molecule has 1 amide bonds. The molecule has 3 nitrogen and oxygen atoms in total. The summed E-state index contributed by atoms with van der Waals surface area (Å²) in [7, 11) is 0. The van der Waals surface area contributed by atoms with Crippen molar-refractivity contribution in [3.63, 3.8) is 0 Å². The van der Waals surface area contributed by atoms with Crippen molar-refractivity contribution >= 4 is 27.5 Å². The molecule has 0 radical (unpaired) electrons. The SMILES string of the molecule is O=C(CNC12CC3CC(CC(C3)C1)C2)Nc1ccccc1Br. The van der Waals surface area contributed by atoms with E-state index in [1.807, 2.05) is 24.3 Å². The van der Waals surface area contributed by atoms with Gasteiger partial charge in [0.15, 0.2) is 0 Å². The molecule has 4 bridgehead atoms. The van der Waals surface area contributed by atoms with Gasteiger partial charge in [0, 0.05) is 10.0 Å². The highest BCUT2D eigenvalue weighted by molar-refractivity contribution is 9.10. The number of amides is 1. The Kier molecular flexibility index (Phi) is 3.77. The summed E-state index contributed by atoms with van der Waals surface area (Å²) in [5.74, 6) is 2.78. The molecule has 1 aromatic rings. The molecule has 4 saturated carbocycles. The molecule has 0 unspecified atom stereocenters. The first-order valence-electron chi connectivity index (χ1n) is 8.41. The third-order valence-corrected chi connectivity index (χ3v) is 6.50. The van der Waals surface area contributed by atoms with Crippen molar-refractivity contribution in [3.8, 4) is 0 Å². The predicted octanol–water partition coefficient (Wildman–Crippen LogP) is 3.95. The Morgan fingerprint density at radius 1 is 1.09 bits per heavy atom. The zero-order valence-electron chi connectivity index (χ0n) is 12.8. The summed E-state index contributed by atoms with van der Waals surface area (Å²) in [6.45, 7) is 0.424. The number of carbonyl (C=O) groups excluding carboxylic acids is 1. The maximum Gasteiger partial charge on any atom is 0.238 e. The Labute approximate surface area is 140 Å². The fourth-order valence-electron chi connectivity index (χ4n) is 5.35. The lowest BCUT2D eigenvalue weighted by Gasteiger charge is -2.57. The minimum atomic E-state index is 0.0580. The lowest BCUT2D eigenvalue weighted by atomic mass is 9.53. The number of hydrogen-bond acceptors (Lipinski definition) is 2. The largest absolute Gasteiger partial charge is 0.324 e. The monoisotopic (exact) mass is 362 g/mol.